The summed E-state index contributed by atoms with van der Waals surface area (Å²) >= 11 is 0. The van der Waals surface area contributed by atoms with E-state index >= 15 is 0 Å². The number of carboxylic acids is 1. The van der Waals surface area contributed by atoms with Gasteiger partial charge in [0.2, 0.25) is 11.8 Å². The predicted octanol–water partition coefficient (Wildman–Crippen LogP) is 3.97. The fraction of sp³-hybridized carbons (Fsp3) is 0.880. The Morgan fingerprint density at radius 2 is 1.37 bits per heavy atom. The van der Waals surface area contributed by atoms with Crippen LogP contribution in [0.25, 0.3) is 0 Å². The number of unbranched alkanes of at least 4 members (excludes halogenated alkanes) is 8. The van der Waals surface area contributed by atoms with Crippen LogP contribution in [-0.4, -0.2) is 53.7 Å². The number of amides is 2. The summed E-state index contributed by atoms with van der Waals surface area (Å²) in [5, 5.41) is 14.2. The Hall–Kier alpha value is -1.68. The predicted molar refractivity (Wildman–Crippen MR) is 136 cm³/mol. The lowest BCUT2D eigenvalue weighted by molar-refractivity contribution is -0.137. The topological polar surface area (TPSA) is 153 Å². The number of carbonyl (C=O) groups excluding carboxylic acids is 2. The van der Waals surface area contributed by atoms with Gasteiger partial charge in [-0.1, -0.05) is 65.7 Å². The third-order valence-electron chi connectivity index (χ3n) is 6.09. The zero-order valence-corrected chi connectivity index (χ0v) is 23.1. The molecule has 1 unspecified atom stereocenters. The van der Waals surface area contributed by atoms with Crippen molar-refractivity contribution in [2.75, 3.05) is 12.3 Å². The Balaban J connectivity index is 4.24. The van der Waals surface area contributed by atoms with Gasteiger partial charge in [-0.3, -0.25) is 14.4 Å². The van der Waals surface area contributed by atoms with E-state index in [2.05, 4.69) is 10.6 Å². The lowest BCUT2D eigenvalue weighted by Crippen LogP contribution is -2.51. The van der Waals surface area contributed by atoms with Gasteiger partial charge in [0.1, 0.15) is 0 Å². The third kappa shape index (κ3) is 17.4. The van der Waals surface area contributed by atoms with Gasteiger partial charge in [0.15, 0.2) is 0 Å². The van der Waals surface area contributed by atoms with Crippen LogP contribution in [0.2, 0.25) is 0 Å². The molecule has 35 heavy (non-hydrogen) atoms. The van der Waals surface area contributed by atoms with E-state index in [-0.39, 0.29) is 18.2 Å². The molecule has 9 nitrogen and oxygen atoms in total. The first-order valence-electron chi connectivity index (χ1n) is 12.9. The van der Waals surface area contributed by atoms with Crippen molar-refractivity contribution in [3.63, 3.8) is 0 Å². The van der Waals surface area contributed by atoms with Crippen LogP contribution in [0.4, 0.5) is 0 Å². The Bertz CT molecular complexity index is 764. The largest absolute Gasteiger partial charge is 0.748 e. The van der Waals surface area contributed by atoms with E-state index < -0.39 is 38.7 Å². The molecule has 0 fully saturated rings. The van der Waals surface area contributed by atoms with Crippen LogP contribution < -0.4 is 10.6 Å². The summed E-state index contributed by atoms with van der Waals surface area (Å²) in [5.41, 5.74) is -1.95. The van der Waals surface area contributed by atoms with Crippen molar-refractivity contribution < 1.29 is 32.5 Å². The number of hydrogen-bond acceptors (Lipinski definition) is 6. The minimum Gasteiger partial charge on any atom is -0.748 e. The van der Waals surface area contributed by atoms with Crippen LogP contribution in [0.1, 0.15) is 112 Å². The smallest absolute Gasteiger partial charge is 0.303 e. The van der Waals surface area contributed by atoms with E-state index in [1.165, 1.54) is 13.8 Å². The molecule has 1 atom stereocenters. The molecule has 0 spiro atoms. The van der Waals surface area contributed by atoms with Crippen LogP contribution in [0, 0.1) is 11.3 Å². The highest BCUT2D eigenvalue weighted by Gasteiger charge is 2.34. The van der Waals surface area contributed by atoms with Crippen molar-refractivity contribution in [1.82, 2.24) is 10.6 Å². The SMILES string of the molecule is CCC(CC(C)(C)C(=O)NCCCCCCCCCCCC(=O)O)C(=O)NC(C)(C)CS(=O)(=O)[O-]. The highest BCUT2D eigenvalue weighted by molar-refractivity contribution is 7.85. The molecule has 0 aliphatic heterocycles. The second-order valence-electron chi connectivity index (χ2n) is 10.8. The van der Waals surface area contributed by atoms with Crippen LogP contribution in [-0.2, 0) is 24.5 Å². The van der Waals surface area contributed by atoms with Crippen molar-refractivity contribution in [2.24, 2.45) is 11.3 Å². The molecule has 0 heterocycles. The maximum Gasteiger partial charge on any atom is 0.303 e. The zero-order chi connectivity index (χ0) is 27.1. The maximum atomic E-state index is 12.7. The summed E-state index contributed by atoms with van der Waals surface area (Å²) in [6.07, 6.45) is 10.3. The highest BCUT2D eigenvalue weighted by atomic mass is 32.2. The molecular formula is C25H47N2O7S-. The monoisotopic (exact) mass is 519 g/mol. The number of nitrogens with one attached hydrogen (secondary N) is 2. The lowest BCUT2D eigenvalue weighted by Gasteiger charge is -2.32. The first kappa shape index (κ1) is 33.3. The van der Waals surface area contributed by atoms with E-state index in [1.54, 1.807) is 13.8 Å². The van der Waals surface area contributed by atoms with Crippen molar-refractivity contribution in [2.45, 2.75) is 117 Å². The van der Waals surface area contributed by atoms with E-state index in [0.29, 0.717) is 19.4 Å². The van der Waals surface area contributed by atoms with E-state index in [1.807, 2.05) is 6.92 Å². The van der Waals surface area contributed by atoms with Gasteiger partial charge in [0, 0.05) is 29.8 Å². The van der Waals surface area contributed by atoms with Crippen molar-refractivity contribution >= 4 is 27.9 Å². The summed E-state index contributed by atoms with van der Waals surface area (Å²) in [7, 11) is -4.48. The molecule has 10 heteroatoms. The van der Waals surface area contributed by atoms with Gasteiger partial charge in [0.25, 0.3) is 0 Å². The molecule has 3 N–H and O–H groups in total. The van der Waals surface area contributed by atoms with E-state index in [4.69, 9.17) is 5.11 Å². The highest BCUT2D eigenvalue weighted by Crippen LogP contribution is 2.28. The Morgan fingerprint density at radius 3 is 1.83 bits per heavy atom. The molecule has 0 aromatic rings. The van der Waals surface area contributed by atoms with Crippen molar-refractivity contribution in [3.8, 4) is 0 Å². The van der Waals surface area contributed by atoms with Crippen molar-refractivity contribution in [3.05, 3.63) is 0 Å². The Morgan fingerprint density at radius 1 is 0.886 bits per heavy atom. The molecule has 0 saturated carbocycles. The summed E-state index contributed by atoms with van der Waals surface area (Å²) in [6, 6.07) is 0. The minimum absolute atomic E-state index is 0.119. The molecule has 0 rings (SSSR count). The average Bonchev–Trinajstić information content (AvgIpc) is 2.70. The Labute approximate surface area is 212 Å². The standard InChI is InChI=1S/C25H48N2O7S/c1-6-20(22(30)27-25(4,5)19-35(32,33)34)18-24(2,3)23(31)26-17-15-13-11-9-7-8-10-12-14-16-21(28)29/h20H,6-19H2,1-5H3,(H,26,31)(H,27,30)(H,28,29)(H,32,33,34)/p-1. The number of carboxylic acid groups (broad SMARTS) is 1. The summed E-state index contributed by atoms with van der Waals surface area (Å²) in [4.78, 5) is 35.9. The van der Waals surface area contributed by atoms with Gasteiger partial charge in [0.05, 0.1) is 15.9 Å². The molecule has 0 radical (unpaired) electrons. The second kappa shape index (κ2) is 16.1. The van der Waals surface area contributed by atoms with Gasteiger partial charge in [-0.05, 0) is 39.5 Å². The lowest BCUT2D eigenvalue weighted by atomic mass is 9.80. The van der Waals surface area contributed by atoms with Crippen LogP contribution in [0.3, 0.4) is 0 Å². The number of hydrogen-bond donors (Lipinski definition) is 3. The van der Waals surface area contributed by atoms with Gasteiger partial charge in [-0.2, -0.15) is 0 Å². The number of aliphatic carboxylic acids is 1. The molecule has 0 saturated heterocycles. The molecule has 0 aromatic heterocycles. The molecular weight excluding hydrogens is 472 g/mol. The van der Waals surface area contributed by atoms with E-state index in [9.17, 15) is 27.4 Å². The quantitative estimate of drug-likeness (QED) is 0.162. The molecule has 206 valence electrons. The summed E-state index contributed by atoms with van der Waals surface area (Å²) < 4.78 is 33.2. The van der Waals surface area contributed by atoms with Gasteiger partial charge >= 0.3 is 5.97 Å². The molecule has 0 bridgehead atoms. The summed E-state index contributed by atoms with van der Waals surface area (Å²) in [5.74, 6) is -2.38. The fourth-order valence-corrected chi connectivity index (χ4v) is 5.08. The first-order chi connectivity index (χ1) is 16.1. The zero-order valence-electron chi connectivity index (χ0n) is 22.3. The first-order valence-corrected chi connectivity index (χ1v) is 14.4. The third-order valence-corrected chi connectivity index (χ3v) is 7.16. The van der Waals surface area contributed by atoms with Crippen molar-refractivity contribution in [1.29, 1.82) is 0 Å². The molecule has 2 amide bonds. The number of rotatable bonds is 20. The van der Waals surface area contributed by atoms with Crippen LogP contribution in [0.15, 0.2) is 0 Å². The van der Waals surface area contributed by atoms with Gasteiger partial charge in [-0.25, -0.2) is 8.42 Å². The van der Waals surface area contributed by atoms with Crippen LogP contribution >= 0.6 is 0 Å². The average molecular weight is 520 g/mol. The van der Waals surface area contributed by atoms with E-state index in [0.717, 1.165) is 57.8 Å². The minimum atomic E-state index is -4.48. The maximum absolute atomic E-state index is 12.7. The number of carbonyl (C=O) groups is 3. The second-order valence-corrected chi connectivity index (χ2v) is 12.3. The van der Waals surface area contributed by atoms with Gasteiger partial charge in [-0.15, -0.1) is 0 Å². The normalized spacial score (nSPS) is 13.3. The molecule has 0 aromatic carbocycles. The molecule has 0 aliphatic carbocycles. The van der Waals surface area contributed by atoms with Crippen LogP contribution in [0.5, 0.6) is 0 Å². The van der Waals surface area contributed by atoms with Gasteiger partial charge < -0.3 is 20.3 Å². The molecule has 0 aliphatic rings. The fourth-order valence-electron chi connectivity index (χ4n) is 4.12. The summed E-state index contributed by atoms with van der Waals surface area (Å²) in [6.45, 7) is 8.99. The Kier molecular flexibility index (Phi) is 15.4.